The van der Waals surface area contributed by atoms with Gasteiger partial charge in [-0.2, -0.15) is 0 Å². The van der Waals surface area contributed by atoms with Crippen molar-refractivity contribution >= 4 is 0 Å². The van der Waals surface area contributed by atoms with Crippen molar-refractivity contribution in [3.8, 4) is 0 Å². The lowest BCUT2D eigenvalue weighted by Crippen LogP contribution is -2.31. The smallest absolute Gasteiger partial charge is 0.142 e. The molecule has 0 radical (unpaired) electrons. The molecule has 1 N–H and O–H groups in total. The first-order valence-electron chi connectivity index (χ1n) is 8.76. The molecule has 5 nitrogen and oxygen atoms in total. The maximum Gasteiger partial charge on any atom is 0.142 e. The number of hydrogen-bond acceptors (Lipinski definition) is 4. The summed E-state index contributed by atoms with van der Waals surface area (Å²) < 4.78 is 2.22. The Kier molecular flexibility index (Phi) is 5.06. The molecule has 23 heavy (non-hydrogen) atoms. The van der Waals surface area contributed by atoms with Gasteiger partial charge in [0, 0.05) is 42.8 Å². The zero-order valence-electron chi connectivity index (χ0n) is 14.5. The van der Waals surface area contributed by atoms with Crippen molar-refractivity contribution in [2.45, 2.75) is 72.0 Å². The second kappa shape index (κ2) is 7.21. The van der Waals surface area contributed by atoms with E-state index in [-0.39, 0.29) is 0 Å². The highest BCUT2D eigenvalue weighted by Gasteiger charge is 2.15. The maximum absolute atomic E-state index is 4.78. The van der Waals surface area contributed by atoms with E-state index in [9.17, 15) is 0 Å². The van der Waals surface area contributed by atoms with Gasteiger partial charge in [-0.05, 0) is 45.1 Å². The van der Waals surface area contributed by atoms with Gasteiger partial charge in [-0.25, -0.2) is 15.0 Å². The molecule has 0 bridgehead atoms. The Morgan fingerprint density at radius 2 is 2.09 bits per heavy atom. The van der Waals surface area contributed by atoms with Gasteiger partial charge in [0.05, 0.1) is 6.54 Å². The molecule has 0 aliphatic heterocycles. The molecule has 1 aliphatic rings. The van der Waals surface area contributed by atoms with E-state index in [1.54, 1.807) is 0 Å². The summed E-state index contributed by atoms with van der Waals surface area (Å²) in [5, 5.41) is 3.55. The molecule has 3 rings (SSSR count). The first-order valence-corrected chi connectivity index (χ1v) is 8.76. The molecule has 0 fully saturated rings. The van der Waals surface area contributed by atoms with E-state index >= 15 is 0 Å². The molecule has 0 amide bonds. The lowest BCUT2D eigenvalue weighted by Gasteiger charge is -2.19. The first kappa shape index (κ1) is 16.1. The third kappa shape index (κ3) is 3.78. The number of nitrogens with one attached hydrogen (secondary N) is 1. The zero-order chi connectivity index (χ0) is 16.2. The maximum atomic E-state index is 4.78. The Balaban J connectivity index is 1.60. The molecular formula is C18H27N5. The summed E-state index contributed by atoms with van der Waals surface area (Å²) >= 11 is 0. The van der Waals surface area contributed by atoms with Gasteiger partial charge in [-0.1, -0.05) is 6.92 Å². The van der Waals surface area contributed by atoms with Crippen molar-refractivity contribution in [3.05, 3.63) is 41.0 Å². The van der Waals surface area contributed by atoms with Gasteiger partial charge in [-0.15, -0.1) is 0 Å². The normalized spacial score (nSPS) is 15.4. The van der Waals surface area contributed by atoms with Crippen molar-refractivity contribution in [2.75, 3.05) is 0 Å². The monoisotopic (exact) mass is 313 g/mol. The molecule has 1 unspecified atom stereocenters. The van der Waals surface area contributed by atoms with Crippen LogP contribution in [0, 0.1) is 6.92 Å². The van der Waals surface area contributed by atoms with Crippen LogP contribution < -0.4 is 5.32 Å². The van der Waals surface area contributed by atoms with Crippen LogP contribution in [-0.4, -0.2) is 25.6 Å². The number of imidazole rings is 1. The summed E-state index contributed by atoms with van der Waals surface area (Å²) in [6.45, 7) is 8.11. The number of aromatic nitrogens is 4. The third-order valence-corrected chi connectivity index (χ3v) is 4.63. The van der Waals surface area contributed by atoms with E-state index in [2.05, 4.69) is 41.8 Å². The van der Waals surface area contributed by atoms with Gasteiger partial charge in [-0.3, -0.25) is 0 Å². The minimum atomic E-state index is 0.356. The van der Waals surface area contributed by atoms with Gasteiger partial charge < -0.3 is 9.88 Å². The molecule has 0 saturated heterocycles. The minimum absolute atomic E-state index is 0.356. The van der Waals surface area contributed by atoms with Gasteiger partial charge in [0.15, 0.2) is 0 Å². The van der Waals surface area contributed by atoms with Crippen LogP contribution in [0.25, 0.3) is 0 Å². The number of hydrogen-bond donors (Lipinski definition) is 1. The van der Waals surface area contributed by atoms with E-state index in [0.29, 0.717) is 6.04 Å². The summed E-state index contributed by atoms with van der Waals surface area (Å²) in [5.74, 6) is 2.07. The fourth-order valence-electron chi connectivity index (χ4n) is 3.37. The number of nitrogens with zero attached hydrogens (tertiary/aromatic N) is 4. The fourth-order valence-corrected chi connectivity index (χ4v) is 3.37. The third-order valence-electron chi connectivity index (χ3n) is 4.63. The molecule has 124 valence electrons. The quantitative estimate of drug-likeness (QED) is 0.890. The fraction of sp³-hybridized carbons (Fsp3) is 0.611. The largest absolute Gasteiger partial charge is 0.333 e. The molecule has 0 spiro atoms. The van der Waals surface area contributed by atoms with Crippen molar-refractivity contribution in [1.29, 1.82) is 0 Å². The van der Waals surface area contributed by atoms with Crippen molar-refractivity contribution in [2.24, 2.45) is 0 Å². The zero-order valence-corrected chi connectivity index (χ0v) is 14.5. The highest BCUT2D eigenvalue weighted by atomic mass is 15.1. The summed E-state index contributed by atoms with van der Waals surface area (Å²) in [6, 6.07) is 0.356. The Morgan fingerprint density at radius 3 is 2.91 bits per heavy atom. The molecule has 2 aromatic rings. The molecule has 0 saturated carbocycles. The van der Waals surface area contributed by atoms with E-state index in [0.717, 1.165) is 44.0 Å². The first-order chi connectivity index (χ1) is 11.2. The summed E-state index contributed by atoms with van der Waals surface area (Å²) in [7, 11) is 0. The number of aryl methyl sites for hydroxylation is 3. The average Bonchev–Trinajstić information content (AvgIpc) is 3.00. The summed E-state index contributed by atoms with van der Waals surface area (Å²) in [6.07, 6.45) is 9.68. The Morgan fingerprint density at radius 1 is 1.26 bits per heavy atom. The predicted octanol–water partition coefficient (Wildman–Crippen LogP) is 2.60. The van der Waals surface area contributed by atoms with Gasteiger partial charge in [0.2, 0.25) is 0 Å². The van der Waals surface area contributed by atoms with Crippen molar-refractivity contribution < 1.29 is 0 Å². The highest BCUT2D eigenvalue weighted by Crippen LogP contribution is 2.21. The van der Waals surface area contributed by atoms with Crippen LogP contribution >= 0.6 is 0 Å². The Labute approximate surface area is 138 Å². The van der Waals surface area contributed by atoms with Crippen molar-refractivity contribution in [1.82, 2.24) is 24.8 Å². The van der Waals surface area contributed by atoms with Gasteiger partial charge >= 0.3 is 0 Å². The minimum Gasteiger partial charge on any atom is -0.333 e. The summed E-state index contributed by atoms with van der Waals surface area (Å²) in [5.41, 5.74) is 3.83. The van der Waals surface area contributed by atoms with Crippen molar-refractivity contribution in [3.63, 3.8) is 0 Å². The molecule has 5 heteroatoms. The molecule has 2 heterocycles. The SMILES string of the molecule is CCc1nccn1CC(C)NCc1nc(C)c2c(n1)CCCC2. The molecule has 1 atom stereocenters. The molecule has 0 aromatic carbocycles. The molecule has 1 aliphatic carbocycles. The van der Waals surface area contributed by atoms with E-state index < -0.39 is 0 Å². The van der Waals surface area contributed by atoms with Gasteiger partial charge in [0.1, 0.15) is 11.6 Å². The highest BCUT2D eigenvalue weighted by molar-refractivity contribution is 5.27. The predicted molar refractivity (Wildman–Crippen MR) is 91.3 cm³/mol. The molecular weight excluding hydrogens is 286 g/mol. The van der Waals surface area contributed by atoms with Crippen LogP contribution in [-0.2, 0) is 32.4 Å². The second-order valence-electron chi connectivity index (χ2n) is 6.49. The molecule has 2 aromatic heterocycles. The summed E-state index contributed by atoms with van der Waals surface area (Å²) in [4.78, 5) is 13.9. The topological polar surface area (TPSA) is 55.6 Å². The van der Waals surface area contributed by atoms with E-state index in [1.807, 2.05) is 6.20 Å². The van der Waals surface area contributed by atoms with Crippen LogP contribution in [0.4, 0.5) is 0 Å². The Hall–Kier alpha value is -1.75. The van der Waals surface area contributed by atoms with Crippen LogP contribution in [0.3, 0.4) is 0 Å². The van der Waals surface area contributed by atoms with Crippen LogP contribution in [0.2, 0.25) is 0 Å². The number of fused-ring (bicyclic) bond motifs is 1. The average molecular weight is 313 g/mol. The van der Waals surface area contributed by atoms with Gasteiger partial charge in [0.25, 0.3) is 0 Å². The second-order valence-corrected chi connectivity index (χ2v) is 6.49. The Bertz CT molecular complexity index is 661. The standard InChI is InChI=1S/C18H27N5/c1-4-18-19-9-10-23(18)12-13(2)20-11-17-21-14(3)15-7-5-6-8-16(15)22-17/h9-10,13,20H,4-8,11-12H2,1-3H3. The number of rotatable bonds is 6. The lowest BCUT2D eigenvalue weighted by molar-refractivity contribution is 0.460. The van der Waals surface area contributed by atoms with Crippen LogP contribution in [0.1, 0.15) is 55.3 Å². The van der Waals surface area contributed by atoms with Crippen LogP contribution in [0.15, 0.2) is 12.4 Å². The van der Waals surface area contributed by atoms with E-state index in [1.165, 1.54) is 29.8 Å². The van der Waals surface area contributed by atoms with Crippen LogP contribution in [0.5, 0.6) is 0 Å². The lowest BCUT2D eigenvalue weighted by atomic mass is 9.95. The van der Waals surface area contributed by atoms with E-state index in [4.69, 9.17) is 9.97 Å².